The van der Waals surface area contributed by atoms with Gasteiger partial charge in [0.15, 0.2) is 0 Å². The van der Waals surface area contributed by atoms with Crippen LogP contribution in [0.5, 0.6) is 5.75 Å². The van der Waals surface area contributed by atoms with Crippen LogP contribution in [0.1, 0.15) is 18.4 Å². The van der Waals surface area contributed by atoms with Gasteiger partial charge in [0.1, 0.15) is 5.75 Å². The van der Waals surface area contributed by atoms with Gasteiger partial charge in [-0.25, -0.2) is 8.42 Å². The van der Waals surface area contributed by atoms with Crippen LogP contribution in [0, 0.1) is 5.92 Å². The Labute approximate surface area is 186 Å². The Balaban J connectivity index is 1.44. The molecule has 168 valence electrons. The Morgan fingerprint density at radius 3 is 2.69 bits per heavy atom. The van der Waals surface area contributed by atoms with E-state index in [0.717, 1.165) is 11.3 Å². The zero-order chi connectivity index (χ0) is 22.7. The molecule has 1 amide bonds. The van der Waals surface area contributed by atoms with Gasteiger partial charge in [-0.1, -0.05) is 12.1 Å². The molecule has 0 radical (unpaired) electrons. The lowest BCUT2D eigenvalue weighted by Gasteiger charge is -2.31. The van der Waals surface area contributed by atoms with Gasteiger partial charge in [0.25, 0.3) is 0 Å². The van der Waals surface area contributed by atoms with E-state index in [1.54, 1.807) is 25.3 Å². The monoisotopic (exact) mass is 455 g/mol. The number of hydrogen-bond donors (Lipinski definition) is 2. The third kappa shape index (κ3) is 4.68. The van der Waals surface area contributed by atoms with Crippen molar-refractivity contribution in [1.82, 2.24) is 14.6 Å². The van der Waals surface area contributed by atoms with E-state index in [1.807, 2.05) is 24.3 Å². The molecule has 1 unspecified atom stereocenters. The van der Waals surface area contributed by atoms with Crippen LogP contribution < -0.4 is 15.6 Å². The minimum absolute atomic E-state index is 0.139. The molecule has 0 bridgehead atoms. The zero-order valence-electron chi connectivity index (χ0n) is 17.7. The average Bonchev–Trinajstić information content (AvgIpc) is 2.82. The second-order valence-corrected chi connectivity index (χ2v) is 9.78. The highest BCUT2D eigenvalue weighted by Gasteiger charge is 2.33. The summed E-state index contributed by atoms with van der Waals surface area (Å²) in [5.41, 5.74) is 1.27. The first-order valence-corrected chi connectivity index (χ1v) is 11.8. The number of amides is 1. The molecule has 9 heteroatoms. The van der Waals surface area contributed by atoms with Crippen molar-refractivity contribution < 1.29 is 17.9 Å². The number of aromatic amines is 1. The first-order chi connectivity index (χ1) is 15.4. The van der Waals surface area contributed by atoms with Gasteiger partial charge in [-0.05, 0) is 60.2 Å². The van der Waals surface area contributed by atoms with E-state index in [2.05, 4.69) is 10.3 Å². The van der Waals surface area contributed by atoms with Gasteiger partial charge < -0.3 is 15.0 Å². The van der Waals surface area contributed by atoms with Crippen molar-refractivity contribution in [2.75, 3.05) is 20.2 Å². The number of carbonyl (C=O) groups excluding carboxylic acids is 1. The van der Waals surface area contributed by atoms with E-state index in [0.29, 0.717) is 36.8 Å². The van der Waals surface area contributed by atoms with E-state index in [-0.39, 0.29) is 22.9 Å². The van der Waals surface area contributed by atoms with Gasteiger partial charge in [0, 0.05) is 31.2 Å². The van der Waals surface area contributed by atoms with Crippen LogP contribution in [0.4, 0.5) is 0 Å². The van der Waals surface area contributed by atoms with Crippen molar-refractivity contribution in [2.45, 2.75) is 24.3 Å². The molecule has 1 atom stereocenters. The standard InChI is InChI=1S/C23H25N3O5S/c1-31-19-7-4-16(5-8-19)14-24-23(28)18-3-2-12-26(15-18)32(29,30)20-9-10-21-17(13-20)6-11-22(27)25-21/h4-11,13,18H,2-3,12,14-15H2,1H3,(H,24,28)(H,25,27). The molecule has 1 fully saturated rings. The molecule has 2 aromatic carbocycles. The molecule has 1 saturated heterocycles. The summed E-state index contributed by atoms with van der Waals surface area (Å²) in [7, 11) is -2.16. The Hall–Kier alpha value is -3.17. The van der Waals surface area contributed by atoms with Crippen LogP contribution in [-0.4, -0.2) is 43.8 Å². The van der Waals surface area contributed by atoms with E-state index in [9.17, 15) is 18.0 Å². The Morgan fingerprint density at radius 2 is 1.94 bits per heavy atom. The summed E-state index contributed by atoms with van der Waals surface area (Å²) in [6.45, 7) is 0.879. The van der Waals surface area contributed by atoms with Gasteiger partial charge in [-0.15, -0.1) is 0 Å². The quantitative estimate of drug-likeness (QED) is 0.593. The molecule has 32 heavy (non-hydrogen) atoms. The predicted octanol–water partition coefficient (Wildman–Crippen LogP) is 2.25. The van der Waals surface area contributed by atoms with E-state index >= 15 is 0 Å². The van der Waals surface area contributed by atoms with E-state index in [4.69, 9.17) is 4.74 Å². The highest BCUT2D eigenvalue weighted by molar-refractivity contribution is 7.89. The normalized spacial score (nSPS) is 17.2. The van der Waals surface area contributed by atoms with Crippen molar-refractivity contribution in [3.63, 3.8) is 0 Å². The van der Waals surface area contributed by atoms with E-state index < -0.39 is 15.9 Å². The predicted molar refractivity (Wildman–Crippen MR) is 121 cm³/mol. The van der Waals surface area contributed by atoms with Gasteiger partial charge in [0.05, 0.1) is 17.9 Å². The molecule has 3 aromatic rings. The van der Waals surface area contributed by atoms with Crippen LogP contribution in [-0.2, 0) is 21.4 Å². The number of aromatic nitrogens is 1. The second-order valence-electron chi connectivity index (χ2n) is 7.84. The summed E-state index contributed by atoms with van der Waals surface area (Å²) >= 11 is 0. The third-order valence-electron chi connectivity index (χ3n) is 5.71. The smallest absolute Gasteiger partial charge is 0.248 e. The zero-order valence-corrected chi connectivity index (χ0v) is 18.5. The summed E-state index contributed by atoms with van der Waals surface area (Å²) in [4.78, 5) is 27.0. The van der Waals surface area contributed by atoms with Crippen molar-refractivity contribution >= 4 is 26.8 Å². The minimum atomic E-state index is -3.76. The molecular weight excluding hydrogens is 430 g/mol. The molecule has 0 aliphatic carbocycles. The number of pyridine rings is 1. The SMILES string of the molecule is COc1ccc(CNC(=O)C2CCCN(S(=O)(=O)c3ccc4[nH]c(=O)ccc4c3)C2)cc1. The second kappa shape index (κ2) is 9.13. The number of nitrogens with one attached hydrogen (secondary N) is 2. The highest BCUT2D eigenvalue weighted by atomic mass is 32.2. The summed E-state index contributed by atoms with van der Waals surface area (Å²) in [5, 5.41) is 3.55. The number of fused-ring (bicyclic) bond motifs is 1. The number of H-pyrrole nitrogens is 1. The topological polar surface area (TPSA) is 109 Å². The summed E-state index contributed by atoms with van der Waals surface area (Å²) in [6.07, 6.45) is 1.25. The lowest BCUT2D eigenvalue weighted by atomic mass is 9.99. The minimum Gasteiger partial charge on any atom is -0.497 e. The van der Waals surface area contributed by atoms with Gasteiger partial charge in [-0.2, -0.15) is 4.31 Å². The fourth-order valence-electron chi connectivity index (χ4n) is 3.89. The number of carbonyl (C=O) groups is 1. The number of nitrogens with zero attached hydrogens (tertiary/aromatic N) is 1. The Bertz CT molecular complexity index is 1280. The van der Waals surface area contributed by atoms with Gasteiger partial charge >= 0.3 is 0 Å². The molecule has 0 saturated carbocycles. The van der Waals surface area contributed by atoms with Crippen molar-refractivity contribution in [2.24, 2.45) is 5.92 Å². The third-order valence-corrected chi connectivity index (χ3v) is 7.57. The van der Waals surface area contributed by atoms with Gasteiger partial charge in [0.2, 0.25) is 21.5 Å². The molecule has 1 aromatic heterocycles. The first-order valence-electron chi connectivity index (χ1n) is 10.4. The van der Waals surface area contributed by atoms with E-state index in [1.165, 1.54) is 16.4 Å². The van der Waals surface area contributed by atoms with Crippen molar-refractivity contribution in [3.8, 4) is 5.75 Å². The molecule has 1 aliphatic rings. The van der Waals surface area contributed by atoms with Crippen LogP contribution >= 0.6 is 0 Å². The number of sulfonamides is 1. The fourth-order valence-corrected chi connectivity index (χ4v) is 5.45. The number of ether oxygens (including phenoxy) is 1. The number of benzene rings is 2. The van der Waals surface area contributed by atoms with Crippen LogP contribution in [0.25, 0.3) is 10.9 Å². The highest BCUT2D eigenvalue weighted by Crippen LogP contribution is 2.26. The molecule has 2 N–H and O–H groups in total. The first kappa shape index (κ1) is 22.0. The van der Waals surface area contributed by atoms with Crippen molar-refractivity contribution in [1.29, 1.82) is 0 Å². The molecular formula is C23H25N3O5S. The van der Waals surface area contributed by atoms with Gasteiger partial charge in [-0.3, -0.25) is 9.59 Å². The average molecular weight is 456 g/mol. The van der Waals surface area contributed by atoms with Crippen molar-refractivity contribution in [3.05, 3.63) is 70.5 Å². The van der Waals surface area contributed by atoms with Crippen LogP contribution in [0.3, 0.4) is 0 Å². The fraction of sp³-hybridized carbons (Fsp3) is 0.304. The molecule has 2 heterocycles. The maximum atomic E-state index is 13.2. The summed E-state index contributed by atoms with van der Waals surface area (Å²) in [5.74, 6) is 0.179. The number of hydrogen-bond acceptors (Lipinski definition) is 5. The summed E-state index contributed by atoms with van der Waals surface area (Å²) in [6, 6.07) is 15.0. The largest absolute Gasteiger partial charge is 0.497 e. The van der Waals surface area contributed by atoms with Crippen LogP contribution in [0.15, 0.2) is 64.3 Å². The molecule has 1 aliphatic heterocycles. The Kier molecular flexibility index (Phi) is 6.29. The lowest BCUT2D eigenvalue weighted by Crippen LogP contribution is -2.45. The lowest BCUT2D eigenvalue weighted by molar-refractivity contribution is -0.126. The van der Waals surface area contributed by atoms with Crippen LogP contribution in [0.2, 0.25) is 0 Å². The molecule has 8 nitrogen and oxygen atoms in total. The molecule has 4 rings (SSSR count). The Morgan fingerprint density at radius 1 is 1.16 bits per heavy atom. The number of piperidine rings is 1. The summed E-state index contributed by atoms with van der Waals surface area (Å²) < 4.78 is 32.9. The number of methoxy groups -OCH3 is 1. The maximum absolute atomic E-state index is 13.2. The maximum Gasteiger partial charge on any atom is 0.248 e. The molecule has 0 spiro atoms. The number of rotatable bonds is 6.